The molecule has 2 N–H and O–H groups in total. The van der Waals surface area contributed by atoms with E-state index in [9.17, 15) is 9.18 Å². The maximum atomic E-state index is 13.9. The van der Waals surface area contributed by atoms with Gasteiger partial charge in [0.1, 0.15) is 29.6 Å². The van der Waals surface area contributed by atoms with Crippen LogP contribution in [0.5, 0.6) is 5.75 Å². The first-order valence-electron chi connectivity index (χ1n) is 8.04. The zero-order chi connectivity index (χ0) is 18.3. The van der Waals surface area contributed by atoms with Crippen LogP contribution in [0, 0.1) is 5.82 Å². The topological polar surface area (TPSA) is 80.5 Å². The number of benzene rings is 1. The molecule has 2 aromatic heterocycles. The molecule has 26 heavy (non-hydrogen) atoms. The molecular weight excluding hydrogens is 405 g/mol. The van der Waals surface area contributed by atoms with Gasteiger partial charge in [0, 0.05) is 11.8 Å². The van der Waals surface area contributed by atoms with Gasteiger partial charge in [-0.3, -0.25) is 4.79 Å². The van der Waals surface area contributed by atoms with Crippen molar-refractivity contribution >= 4 is 33.3 Å². The number of carbonyl (C=O) groups is 1. The van der Waals surface area contributed by atoms with Crippen LogP contribution in [0.25, 0.3) is 5.65 Å². The molecule has 3 heterocycles. The van der Waals surface area contributed by atoms with Crippen LogP contribution in [0.1, 0.15) is 28.9 Å². The number of anilines is 1. The summed E-state index contributed by atoms with van der Waals surface area (Å²) in [7, 11) is 0. The van der Waals surface area contributed by atoms with Gasteiger partial charge in [0.25, 0.3) is 5.91 Å². The molecule has 9 heteroatoms. The average Bonchev–Trinajstić information content (AvgIpc) is 3.02. The van der Waals surface area contributed by atoms with Crippen molar-refractivity contribution in [3.63, 3.8) is 0 Å². The zero-order valence-corrected chi connectivity index (χ0v) is 15.4. The van der Waals surface area contributed by atoms with E-state index in [1.165, 1.54) is 22.8 Å². The van der Waals surface area contributed by atoms with Gasteiger partial charge >= 0.3 is 0 Å². The van der Waals surface area contributed by atoms with Crippen molar-refractivity contribution in [3.05, 3.63) is 52.0 Å². The number of hydrogen-bond acceptors (Lipinski definition) is 5. The number of rotatable bonds is 0. The third-order valence-electron chi connectivity index (χ3n) is 4.12. The summed E-state index contributed by atoms with van der Waals surface area (Å²) in [5.74, 6) is 0.431. The normalized spacial score (nSPS) is 17.3. The van der Waals surface area contributed by atoms with Crippen molar-refractivity contribution in [3.8, 4) is 5.75 Å². The molecule has 2 bridgehead atoms. The fourth-order valence-corrected chi connectivity index (χ4v) is 3.44. The number of nitrogens with zero attached hydrogens (tertiary/aromatic N) is 3. The van der Waals surface area contributed by atoms with Crippen molar-refractivity contribution < 1.29 is 13.9 Å². The standard InChI is InChI=1S/C17H15BrFN5O2/c1-9-11-6-10(19)7-13(18)15(11)26-5-3-20-17(25)12-8-21-24-4-2-14(22-9)23-16(12)24/h2,4,6-9H,3,5H2,1H3,(H,20,25)(H,22,23)/t9-/m1/s1. The maximum absolute atomic E-state index is 13.9. The number of nitrogens with one attached hydrogen (secondary N) is 2. The van der Waals surface area contributed by atoms with E-state index in [2.05, 4.69) is 36.6 Å². The second-order valence-corrected chi connectivity index (χ2v) is 6.77. The van der Waals surface area contributed by atoms with Crippen molar-refractivity contribution in [2.45, 2.75) is 13.0 Å². The van der Waals surface area contributed by atoms with Crippen LogP contribution in [0.3, 0.4) is 0 Å². The lowest BCUT2D eigenvalue weighted by atomic mass is 10.1. The highest BCUT2D eigenvalue weighted by molar-refractivity contribution is 9.10. The summed E-state index contributed by atoms with van der Waals surface area (Å²) in [5.41, 5.74) is 1.48. The molecule has 0 radical (unpaired) electrons. The van der Waals surface area contributed by atoms with Crippen LogP contribution in [-0.2, 0) is 0 Å². The Morgan fingerprint density at radius 3 is 3.12 bits per heavy atom. The van der Waals surface area contributed by atoms with Crippen molar-refractivity contribution in [1.29, 1.82) is 0 Å². The lowest BCUT2D eigenvalue weighted by molar-refractivity contribution is 0.0948. The first kappa shape index (κ1) is 16.8. The van der Waals surface area contributed by atoms with Crippen LogP contribution in [0.4, 0.5) is 10.2 Å². The fraction of sp³-hybridized carbons (Fsp3) is 0.235. The lowest BCUT2D eigenvalue weighted by Gasteiger charge is -2.20. The van der Waals surface area contributed by atoms with Crippen LogP contribution >= 0.6 is 15.9 Å². The monoisotopic (exact) mass is 419 g/mol. The van der Waals surface area contributed by atoms with Gasteiger partial charge < -0.3 is 15.4 Å². The number of aromatic nitrogens is 3. The van der Waals surface area contributed by atoms with Crippen molar-refractivity contribution in [2.24, 2.45) is 0 Å². The van der Waals surface area contributed by atoms with Crippen LogP contribution in [0.2, 0.25) is 0 Å². The largest absolute Gasteiger partial charge is 0.490 e. The molecule has 7 nitrogen and oxygen atoms in total. The van der Waals surface area contributed by atoms with E-state index in [4.69, 9.17) is 4.74 Å². The Bertz CT molecular complexity index is 1010. The Labute approximate surface area is 156 Å². The lowest BCUT2D eigenvalue weighted by Crippen LogP contribution is -2.28. The second kappa shape index (κ2) is 6.56. The molecule has 1 aliphatic rings. The third kappa shape index (κ3) is 2.98. The summed E-state index contributed by atoms with van der Waals surface area (Å²) >= 11 is 3.35. The highest BCUT2D eigenvalue weighted by Gasteiger charge is 2.20. The highest BCUT2D eigenvalue weighted by atomic mass is 79.9. The van der Waals surface area contributed by atoms with E-state index in [0.717, 1.165) is 0 Å². The molecule has 134 valence electrons. The van der Waals surface area contributed by atoms with E-state index < -0.39 is 0 Å². The smallest absolute Gasteiger partial charge is 0.256 e. The van der Waals surface area contributed by atoms with Gasteiger partial charge in [0.2, 0.25) is 0 Å². The molecule has 1 atom stereocenters. The van der Waals surface area contributed by atoms with E-state index in [-0.39, 0.29) is 24.4 Å². The van der Waals surface area contributed by atoms with E-state index in [0.29, 0.717) is 39.4 Å². The number of amides is 1. The minimum absolute atomic E-state index is 0.241. The number of ether oxygens (including phenoxy) is 1. The predicted octanol–water partition coefficient (Wildman–Crippen LogP) is 2.93. The van der Waals surface area contributed by atoms with Crippen molar-refractivity contribution in [1.82, 2.24) is 19.9 Å². The maximum Gasteiger partial charge on any atom is 0.256 e. The van der Waals surface area contributed by atoms with Crippen molar-refractivity contribution in [2.75, 3.05) is 18.5 Å². The Morgan fingerprint density at radius 2 is 2.27 bits per heavy atom. The molecule has 1 aromatic carbocycles. The van der Waals surface area contributed by atoms with E-state index in [1.807, 2.05) is 6.92 Å². The van der Waals surface area contributed by atoms with Gasteiger partial charge in [0.05, 0.1) is 23.3 Å². The summed E-state index contributed by atoms with van der Waals surface area (Å²) in [6.07, 6.45) is 3.19. The number of fused-ring (bicyclic) bond motifs is 2. The minimum atomic E-state index is -0.369. The summed E-state index contributed by atoms with van der Waals surface area (Å²) in [4.78, 5) is 16.9. The summed E-state index contributed by atoms with van der Waals surface area (Å²) in [6.45, 7) is 2.42. The molecule has 3 aromatic rings. The molecular formula is C17H15BrFN5O2. The second-order valence-electron chi connectivity index (χ2n) is 5.92. The Kier molecular flexibility index (Phi) is 4.23. The van der Waals surface area contributed by atoms with Crippen LogP contribution in [-0.4, -0.2) is 33.7 Å². The molecule has 0 saturated heterocycles. The first-order chi connectivity index (χ1) is 12.5. The average molecular weight is 420 g/mol. The van der Waals surface area contributed by atoms with Gasteiger partial charge in [0.15, 0.2) is 5.65 Å². The van der Waals surface area contributed by atoms with Gasteiger partial charge in [-0.05, 0) is 41.1 Å². The predicted molar refractivity (Wildman–Crippen MR) is 97.0 cm³/mol. The number of halogens is 2. The molecule has 1 aliphatic heterocycles. The summed E-state index contributed by atoms with van der Waals surface area (Å²) in [5, 5.41) is 10.2. The molecule has 1 amide bonds. The first-order valence-corrected chi connectivity index (χ1v) is 8.83. The minimum Gasteiger partial charge on any atom is -0.490 e. The molecule has 0 aliphatic carbocycles. The summed E-state index contributed by atoms with van der Waals surface area (Å²) < 4.78 is 21.8. The van der Waals surface area contributed by atoms with Gasteiger partial charge in [-0.25, -0.2) is 13.9 Å². The highest BCUT2D eigenvalue weighted by Crippen LogP contribution is 2.35. The van der Waals surface area contributed by atoms with Gasteiger partial charge in [-0.15, -0.1) is 0 Å². The summed E-state index contributed by atoms with van der Waals surface area (Å²) in [6, 6.07) is 4.25. The third-order valence-corrected chi connectivity index (χ3v) is 4.70. The number of carbonyl (C=O) groups excluding carboxylic acids is 1. The molecule has 0 spiro atoms. The number of hydrogen-bond donors (Lipinski definition) is 2. The van der Waals surface area contributed by atoms with Gasteiger partial charge in [-0.1, -0.05) is 0 Å². The fourth-order valence-electron chi connectivity index (χ4n) is 2.88. The van der Waals surface area contributed by atoms with Crippen LogP contribution in [0.15, 0.2) is 35.1 Å². The van der Waals surface area contributed by atoms with E-state index >= 15 is 0 Å². The van der Waals surface area contributed by atoms with E-state index in [1.54, 1.807) is 12.3 Å². The van der Waals surface area contributed by atoms with Gasteiger partial charge in [-0.2, -0.15) is 5.10 Å². The molecule has 0 unspecified atom stereocenters. The van der Waals surface area contributed by atoms with Crippen LogP contribution < -0.4 is 15.4 Å². The Morgan fingerprint density at radius 1 is 1.42 bits per heavy atom. The SMILES string of the molecule is C[C@H]1Nc2ccn3ncc(c3n2)C(=O)NCCOc2c(Br)cc(F)cc21. The molecule has 4 rings (SSSR count). The molecule has 0 saturated carbocycles. The Balaban J connectivity index is 1.82. The quantitative estimate of drug-likeness (QED) is 0.585. The molecule has 0 fully saturated rings. The zero-order valence-electron chi connectivity index (χ0n) is 13.8. The Hall–Kier alpha value is -2.68.